The van der Waals surface area contributed by atoms with Gasteiger partial charge < -0.3 is 5.11 Å². The minimum absolute atomic E-state index is 0.00453. The van der Waals surface area contributed by atoms with E-state index in [-0.39, 0.29) is 5.56 Å². The number of nitrogens with zero attached hydrogens (tertiary/aromatic N) is 2. The van der Waals surface area contributed by atoms with Crippen LogP contribution in [0.4, 0.5) is 10.1 Å². The molecule has 0 saturated heterocycles. The molecule has 5 nitrogen and oxygen atoms in total. The van der Waals surface area contributed by atoms with Crippen LogP contribution in [0.3, 0.4) is 0 Å². The lowest BCUT2D eigenvalue weighted by atomic mass is 10.2. The van der Waals surface area contributed by atoms with E-state index in [4.69, 9.17) is 5.11 Å². The number of benzene rings is 1. The number of carboxylic acids is 1. The fourth-order valence-corrected chi connectivity index (χ4v) is 1.71. The second kappa shape index (κ2) is 5.92. The van der Waals surface area contributed by atoms with Crippen molar-refractivity contribution in [2.45, 2.75) is 0 Å². The summed E-state index contributed by atoms with van der Waals surface area (Å²) in [4.78, 5) is 27.8. The summed E-state index contributed by atoms with van der Waals surface area (Å²) < 4.78 is 13.1. The van der Waals surface area contributed by atoms with E-state index in [1.807, 2.05) is 0 Å². The summed E-state index contributed by atoms with van der Waals surface area (Å²) in [7, 11) is 0. The zero-order chi connectivity index (χ0) is 14.5. The predicted octanol–water partition coefficient (Wildman–Crippen LogP) is 1.95. The Balaban J connectivity index is 2.36. The van der Waals surface area contributed by atoms with Crippen LogP contribution in [-0.2, 0) is 4.79 Å². The zero-order valence-electron chi connectivity index (χ0n) is 10.4. The molecule has 0 bridgehead atoms. The fourth-order valence-electron chi connectivity index (χ4n) is 1.71. The van der Waals surface area contributed by atoms with Crippen LogP contribution in [-0.4, -0.2) is 28.5 Å². The third-order valence-corrected chi connectivity index (χ3v) is 2.56. The summed E-state index contributed by atoms with van der Waals surface area (Å²) in [6.45, 7) is -0.515. The number of anilines is 1. The molecule has 0 saturated carbocycles. The monoisotopic (exact) mass is 274 g/mol. The first-order valence-corrected chi connectivity index (χ1v) is 5.77. The number of aliphatic carboxylic acids is 1. The van der Waals surface area contributed by atoms with Crippen LogP contribution in [0.2, 0.25) is 0 Å². The van der Waals surface area contributed by atoms with Crippen molar-refractivity contribution in [3.63, 3.8) is 0 Å². The molecule has 0 unspecified atom stereocenters. The molecular formula is C14H11FN2O3. The molecule has 0 atom stereocenters. The normalized spacial score (nSPS) is 10.1. The molecule has 0 aliphatic heterocycles. The highest BCUT2D eigenvalue weighted by Crippen LogP contribution is 2.16. The highest BCUT2D eigenvalue weighted by Gasteiger charge is 2.20. The van der Waals surface area contributed by atoms with E-state index in [2.05, 4.69) is 4.98 Å². The lowest BCUT2D eigenvalue weighted by Gasteiger charge is -2.20. The van der Waals surface area contributed by atoms with E-state index in [1.165, 1.54) is 6.20 Å². The number of carboxylic acid groups (broad SMARTS) is 1. The third kappa shape index (κ3) is 3.17. The Morgan fingerprint density at radius 1 is 1.20 bits per heavy atom. The van der Waals surface area contributed by atoms with Crippen LogP contribution in [0, 0.1) is 5.82 Å². The molecule has 20 heavy (non-hydrogen) atoms. The Morgan fingerprint density at radius 3 is 2.50 bits per heavy atom. The molecule has 2 rings (SSSR count). The van der Waals surface area contributed by atoms with Crippen molar-refractivity contribution < 1.29 is 19.1 Å². The fraction of sp³-hybridized carbons (Fsp3) is 0.0714. The number of halogens is 1. The molecule has 1 aromatic heterocycles. The number of hydrogen-bond acceptors (Lipinski definition) is 3. The summed E-state index contributed by atoms with van der Waals surface area (Å²) in [6.07, 6.45) is 2.17. The van der Waals surface area contributed by atoms with Gasteiger partial charge in [-0.1, -0.05) is 18.2 Å². The molecule has 1 aromatic carbocycles. The molecule has 6 heteroatoms. The molecule has 0 aliphatic rings. The zero-order valence-corrected chi connectivity index (χ0v) is 10.4. The Kier molecular flexibility index (Phi) is 4.05. The minimum Gasteiger partial charge on any atom is -0.480 e. The van der Waals surface area contributed by atoms with Gasteiger partial charge in [0.05, 0.1) is 11.8 Å². The molecule has 102 valence electrons. The average Bonchev–Trinajstić information content (AvgIpc) is 2.45. The first-order chi connectivity index (χ1) is 9.58. The molecule has 0 fully saturated rings. The van der Waals surface area contributed by atoms with Crippen molar-refractivity contribution in [3.8, 4) is 0 Å². The molecular weight excluding hydrogens is 263 g/mol. The number of pyridine rings is 1. The van der Waals surface area contributed by atoms with E-state index in [0.717, 1.165) is 17.2 Å². The number of para-hydroxylation sites is 1. The maximum Gasteiger partial charge on any atom is 0.323 e. The van der Waals surface area contributed by atoms with Gasteiger partial charge >= 0.3 is 5.97 Å². The van der Waals surface area contributed by atoms with Gasteiger partial charge in [-0.3, -0.25) is 19.5 Å². The maximum absolute atomic E-state index is 13.1. The van der Waals surface area contributed by atoms with Crippen LogP contribution < -0.4 is 4.90 Å². The van der Waals surface area contributed by atoms with Gasteiger partial charge in [0.2, 0.25) is 0 Å². The van der Waals surface area contributed by atoms with Crippen molar-refractivity contribution in [2.24, 2.45) is 0 Å². The SMILES string of the molecule is O=C(O)CN(C(=O)c1cncc(F)c1)c1ccccc1. The standard InChI is InChI=1S/C14H11FN2O3/c15-11-6-10(7-16-8-11)14(20)17(9-13(18)19)12-4-2-1-3-5-12/h1-8H,9H2,(H,18,19). The van der Waals surface area contributed by atoms with Gasteiger partial charge in [0, 0.05) is 11.9 Å². The Hall–Kier alpha value is -2.76. The first-order valence-electron chi connectivity index (χ1n) is 5.77. The summed E-state index contributed by atoms with van der Waals surface area (Å²) in [5, 5.41) is 8.91. The van der Waals surface area contributed by atoms with Crippen LogP contribution in [0.5, 0.6) is 0 Å². The van der Waals surface area contributed by atoms with E-state index in [1.54, 1.807) is 30.3 Å². The van der Waals surface area contributed by atoms with Crippen LogP contribution in [0.15, 0.2) is 48.8 Å². The summed E-state index contributed by atoms with van der Waals surface area (Å²) in [5.41, 5.74) is 0.416. The van der Waals surface area contributed by atoms with Crippen molar-refractivity contribution >= 4 is 17.6 Å². The summed E-state index contributed by atoms with van der Waals surface area (Å²) in [5.74, 6) is -2.43. The molecule has 0 spiro atoms. The number of aromatic nitrogens is 1. The van der Waals surface area contributed by atoms with Crippen LogP contribution in [0.1, 0.15) is 10.4 Å². The Bertz CT molecular complexity index is 631. The minimum atomic E-state index is -1.16. The highest BCUT2D eigenvalue weighted by molar-refractivity contribution is 6.07. The molecule has 1 amide bonds. The number of hydrogen-bond donors (Lipinski definition) is 1. The van der Waals surface area contributed by atoms with Crippen molar-refractivity contribution in [1.29, 1.82) is 0 Å². The quantitative estimate of drug-likeness (QED) is 0.925. The predicted molar refractivity (Wildman–Crippen MR) is 69.9 cm³/mol. The topological polar surface area (TPSA) is 70.5 Å². The molecule has 1 N–H and O–H groups in total. The van der Waals surface area contributed by atoms with Crippen molar-refractivity contribution in [2.75, 3.05) is 11.4 Å². The van der Waals surface area contributed by atoms with Gasteiger partial charge in [-0.05, 0) is 18.2 Å². The van der Waals surface area contributed by atoms with Gasteiger partial charge in [0.15, 0.2) is 0 Å². The average molecular weight is 274 g/mol. The molecule has 1 heterocycles. The van der Waals surface area contributed by atoms with Gasteiger partial charge in [0.1, 0.15) is 12.4 Å². The van der Waals surface area contributed by atoms with E-state index in [9.17, 15) is 14.0 Å². The highest BCUT2D eigenvalue weighted by atomic mass is 19.1. The van der Waals surface area contributed by atoms with Gasteiger partial charge in [-0.25, -0.2) is 4.39 Å². The number of rotatable bonds is 4. The van der Waals surface area contributed by atoms with Crippen LogP contribution in [0.25, 0.3) is 0 Å². The van der Waals surface area contributed by atoms with E-state index < -0.39 is 24.2 Å². The van der Waals surface area contributed by atoms with E-state index >= 15 is 0 Å². The van der Waals surface area contributed by atoms with Crippen molar-refractivity contribution in [1.82, 2.24) is 4.98 Å². The van der Waals surface area contributed by atoms with E-state index in [0.29, 0.717) is 5.69 Å². The Labute approximate surface area is 114 Å². The van der Waals surface area contributed by atoms with Gasteiger partial charge in [-0.2, -0.15) is 0 Å². The molecule has 0 radical (unpaired) electrons. The molecule has 2 aromatic rings. The number of carbonyl (C=O) groups excluding carboxylic acids is 1. The molecule has 0 aliphatic carbocycles. The Morgan fingerprint density at radius 2 is 1.90 bits per heavy atom. The van der Waals surface area contributed by atoms with Crippen molar-refractivity contribution in [3.05, 3.63) is 60.2 Å². The summed E-state index contributed by atoms with van der Waals surface area (Å²) in [6, 6.07) is 9.34. The van der Waals surface area contributed by atoms with Gasteiger partial charge in [-0.15, -0.1) is 0 Å². The second-order valence-electron chi connectivity index (χ2n) is 4.01. The maximum atomic E-state index is 13.1. The summed E-state index contributed by atoms with van der Waals surface area (Å²) >= 11 is 0. The van der Waals surface area contributed by atoms with Gasteiger partial charge in [0.25, 0.3) is 5.91 Å². The second-order valence-corrected chi connectivity index (χ2v) is 4.01. The number of amides is 1. The lowest BCUT2D eigenvalue weighted by Crippen LogP contribution is -2.35. The largest absolute Gasteiger partial charge is 0.480 e. The third-order valence-electron chi connectivity index (χ3n) is 2.56. The first kappa shape index (κ1) is 13.7. The lowest BCUT2D eigenvalue weighted by molar-refractivity contribution is -0.135. The smallest absolute Gasteiger partial charge is 0.323 e. The number of carbonyl (C=O) groups is 2. The van der Waals surface area contributed by atoms with Crippen LogP contribution >= 0.6 is 0 Å².